The Morgan fingerprint density at radius 2 is 1.59 bits per heavy atom. The SMILES string of the molecule is c1ccc(-c2ccc(CNc3n[nH]c4cc(OCC5CCN(CCNc6ccnc7ccccc67)CC5)ccc34)cc2)cc1. The molecule has 4 aromatic carbocycles. The van der Waals surface area contributed by atoms with Gasteiger partial charge in [0.1, 0.15) is 5.75 Å². The lowest BCUT2D eigenvalue weighted by Gasteiger charge is -2.32. The van der Waals surface area contributed by atoms with Crippen LogP contribution >= 0.6 is 0 Å². The minimum Gasteiger partial charge on any atom is -0.493 e. The van der Waals surface area contributed by atoms with Crippen LogP contribution in [0.3, 0.4) is 0 Å². The summed E-state index contributed by atoms with van der Waals surface area (Å²) in [6, 6.07) is 35.7. The molecule has 44 heavy (non-hydrogen) atoms. The molecule has 0 radical (unpaired) electrons. The summed E-state index contributed by atoms with van der Waals surface area (Å²) in [4.78, 5) is 7.01. The number of pyridine rings is 1. The lowest BCUT2D eigenvalue weighted by molar-refractivity contribution is 0.145. The van der Waals surface area contributed by atoms with Gasteiger partial charge in [-0.1, -0.05) is 72.8 Å². The molecule has 1 aliphatic rings. The van der Waals surface area contributed by atoms with Crippen molar-refractivity contribution in [3.8, 4) is 16.9 Å². The molecule has 2 aromatic heterocycles. The van der Waals surface area contributed by atoms with Crippen molar-refractivity contribution in [2.45, 2.75) is 19.4 Å². The highest BCUT2D eigenvalue weighted by Crippen LogP contribution is 2.27. The monoisotopic (exact) mass is 582 g/mol. The molecular weight excluding hydrogens is 544 g/mol. The maximum Gasteiger partial charge on any atom is 0.155 e. The topological polar surface area (TPSA) is 78.1 Å². The van der Waals surface area contributed by atoms with Crippen LogP contribution in [-0.2, 0) is 6.54 Å². The molecule has 3 heterocycles. The number of H-pyrrole nitrogens is 1. The molecule has 0 atom stereocenters. The first kappa shape index (κ1) is 27.9. The van der Waals surface area contributed by atoms with Crippen molar-refractivity contribution in [3.05, 3.63) is 115 Å². The number of nitrogens with zero attached hydrogens (tertiary/aromatic N) is 3. The van der Waals surface area contributed by atoms with E-state index in [0.29, 0.717) is 12.5 Å². The van der Waals surface area contributed by atoms with Gasteiger partial charge in [-0.15, -0.1) is 0 Å². The molecule has 0 unspecified atom stereocenters. The molecule has 0 aliphatic carbocycles. The lowest BCUT2D eigenvalue weighted by Crippen LogP contribution is -2.38. The number of hydrogen-bond donors (Lipinski definition) is 3. The van der Waals surface area contributed by atoms with Crippen LogP contribution in [0.1, 0.15) is 18.4 Å². The number of hydrogen-bond acceptors (Lipinski definition) is 6. The van der Waals surface area contributed by atoms with Gasteiger partial charge in [0.15, 0.2) is 5.82 Å². The number of ether oxygens (including phenoxy) is 1. The van der Waals surface area contributed by atoms with E-state index < -0.39 is 0 Å². The van der Waals surface area contributed by atoms with Gasteiger partial charge in [0.05, 0.1) is 17.6 Å². The Balaban J connectivity index is 0.854. The second kappa shape index (κ2) is 13.2. The lowest BCUT2D eigenvalue weighted by atomic mass is 9.98. The van der Waals surface area contributed by atoms with Crippen LogP contribution in [0.4, 0.5) is 11.5 Å². The van der Waals surface area contributed by atoms with Crippen molar-refractivity contribution in [1.82, 2.24) is 20.1 Å². The predicted octanol–water partition coefficient (Wildman–Crippen LogP) is 7.59. The van der Waals surface area contributed by atoms with Crippen LogP contribution in [0.15, 0.2) is 109 Å². The van der Waals surface area contributed by atoms with E-state index in [2.05, 4.69) is 122 Å². The highest BCUT2D eigenvalue weighted by molar-refractivity contribution is 5.91. The van der Waals surface area contributed by atoms with Crippen LogP contribution in [0.2, 0.25) is 0 Å². The zero-order chi connectivity index (χ0) is 29.6. The minimum atomic E-state index is 0.575. The van der Waals surface area contributed by atoms with Crippen molar-refractivity contribution in [1.29, 1.82) is 0 Å². The summed E-state index contributed by atoms with van der Waals surface area (Å²) < 4.78 is 6.25. The van der Waals surface area contributed by atoms with Gasteiger partial charge in [0.2, 0.25) is 0 Å². The number of benzene rings is 4. The number of para-hydroxylation sites is 1. The number of fused-ring (bicyclic) bond motifs is 2. The summed E-state index contributed by atoms with van der Waals surface area (Å²) in [5, 5.41) is 17.0. The average Bonchev–Trinajstić information content (AvgIpc) is 3.50. The first-order valence-electron chi connectivity index (χ1n) is 15.6. The summed E-state index contributed by atoms with van der Waals surface area (Å²) in [5.74, 6) is 2.32. The maximum atomic E-state index is 6.25. The molecule has 1 fully saturated rings. The van der Waals surface area contributed by atoms with Gasteiger partial charge >= 0.3 is 0 Å². The van der Waals surface area contributed by atoms with Gasteiger partial charge in [-0.3, -0.25) is 10.1 Å². The molecule has 0 amide bonds. The Bertz CT molecular complexity index is 1800. The third-order valence-corrected chi connectivity index (χ3v) is 8.64. The quantitative estimate of drug-likeness (QED) is 0.146. The number of rotatable bonds is 11. The van der Waals surface area contributed by atoms with Crippen molar-refractivity contribution < 1.29 is 4.74 Å². The van der Waals surface area contributed by atoms with Crippen LogP contribution in [0.5, 0.6) is 5.75 Å². The Morgan fingerprint density at radius 3 is 2.45 bits per heavy atom. The van der Waals surface area contributed by atoms with Crippen molar-refractivity contribution >= 4 is 33.3 Å². The minimum absolute atomic E-state index is 0.575. The Morgan fingerprint density at radius 1 is 0.795 bits per heavy atom. The number of aromatic nitrogens is 3. The molecule has 1 saturated heterocycles. The zero-order valence-corrected chi connectivity index (χ0v) is 24.9. The van der Waals surface area contributed by atoms with Gasteiger partial charge in [-0.2, -0.15) is 5.10 Å². The van der Waals surface area contributed by atoms with Gasteiger partial charge in [0, 0.05) is 48.4 Å². The fraction of sp³-hybridized carbons (Fsp3) is 0.243. The average molecular weight is 583 g/mol. The van der Waals surface area contributed by atoms with Crippen LogP contribution in [0.25, 0.3) is 32.9 Å². The third-order valence-electron chi connectivity index (χ3n) is 8.64. The Kier molecular flexibility index (Phi) is 8.37. The molecule has 222 valence electrons. The van der Waals surface area contributed by atoms with Crippen molar-refractivity contribution in [3.63, 3.8) is 0 Å². The van der Waals surface area contributed by atoms with E-state index in [1.54, 1.807) is 0 Å². The summed E-state index contributed by atoms with van der Waals surface area (Å²) in [6.07, 6.45) is 4.19. The second-order valence-electron chi connectivity index (χ2n) is 11.6. The summed E-state index contributed by atoms with van der Waals surface area (Å²) in [5.41, 5.74) is 6.83. The van der Waals surface area contributed by atoms with Crippen LogP contribution in [0, 0.1) is 5.92 Å². The highest BCUT2D eigenvalue weighted by Gasteiger charge is 2.20. The van der Waals surface area contributed by atoms with E-state index in [9.17, 15) is 0 Å². The largest absolute Gasteiger partial charge is 0.493 e. The normalized spacial score (nSPS) is 14.2. The molecule has 7 nitrogen and oxygen atoms in total. The fourth-order valence-corrected chi connectivity index (χ4v) is 6.04. The molecule has 1 aliphatic heterocycles. The summed E-state index contributed by atoms with van der Waals surface area (Å²) in [7, 11) is 0. The third kappa shape index (κ3) is 6.53. The molecule has 7 heteroatoms. The van der Waals surface area contributed by atoms with E-state index in [1.165, 1.54) is 22.1 Å². The van der Waals surface area contributed by atoms with E-state index in [0.717, 1.165) is 79.3 Å². The molecule has 3 N–H and O–H groups in total. The van der Waals surface area contributed by atoms with Gasteiger partial charge in [-0.05, 0) is 72.8 Å². The van der Waals surface area contributed by atoms with Crippen LogP contribution < -0.4 is 15.4 Å². The molecule has 0 spiro atoms. The number of aromatic amines is 1. The number of anilines is 2. The van der Waals surface area contributed by atoms with E-state index in [-0.39, 0.29) is 0 Å². The first-order chi connectivity index (χ1) is 21.8. The van der Waals surface area contributed by atoms with E-state index in [1.807, 2.05) is 18.3 Å². The summed E-state index contributed by atoms with van der Waals surface area (Å²) in [6.45, 7) is 5.64. The second-order valence-corrected chi connectivity index (χ2v) is 11.6. The van der Waals surface area contributed by atoms with E-state index >= 15 is 0 Å². The smallest absolute Gasteiger partial charge is 0.155 e. The molecular formula is C37H38N6O. The standard InChI is InChI=1S/C37H38N6O/c1-2-6-29(7-3-1)30-12-10-27(11-13-30)25-40-37-33-15-14-31(24-36(33)41-42-37)44-26-28-17-21-43(22-18-28)23-20-39-35-16-19-38-34-9-5-4-8-32(34)35/h1-16,19,24,28H,17-18,20-23,25-26H2,(H,38,39)(H2,40,41,42). The number of likely N-dealkylation sites (tertiary alicyclic amines) is 1. The van der Waals surface area contributed by atoms with Crippen molar-refractivity contribution in [2.24, 2.45) is 5.92 Å². The first-order valence-corrected chi connectivity index (χ1v) is 15.6. The Hall–Kier alpha value is -4.88. The molecule has 0 saturated carbocycles. The molecule has 7 rings (SSSR count). The summed E-state index contributed by atoms with van der Waals surface area (Å²) >= 11 is 0. The maximum absolute atomic E-state index is 6.25. The van der Waals surface area contributed by atoms with Gasteiger partial charge in [0.25, 0.3) is 0 Å². The number of piperidine rings is 1. The highest BCUT2D eigenvalue weighted by atomic mass is 16.5. The van der Waals surface area contributed by atoms with E-state index in [4.69, 9.17) is 4.74 Å². The van der Waals surface area contributed by atoms with Crippen LogP contribution in [-0.4, -0.2) is 52.9 Å². The molecule has 6 aromatic rings. The predicted molar refractivity (Wildman–Crippen MR) is 180 cm³/mol. The van der Waals surface area contributed by atoms with Gasteiger partial charge in [-0.25, -0.2) is 0 Å². The number of nitrogens with one attached hydrogen (secondary N) is 3. The van der Waals surface area contributed by atoms with Gasteiger partial charge < -0.3 is 20.3 Å². The van der Waals surface area contributed by atoms with Crippen molar-refractivity contribution in [2.75, 3.05) is 43.4 Å². The Labute approximate surface area is 258 Å². The fourth-order valence-electron chi connectivity index (χ4n) is 6.04. The zero-order valence-electron chi connectivity index (χ0n) is 24.9. The molecule has 0 bridgehead atoms.